The number of fused-ring (bicyclic) bond motifs is 1. The lowest BCUT2D eigenvalue weighted by Crippen LogP contribution is -2.52. The fourth-order valence-electron chi connectivity index (χ4n) is 4.86. The molecule has 7 nitrogen and oxygen atoms in total. The lowest BCUT2D eigenvalue weighted by Gasteiger charge is -2.29. The summed E-state index contributed by atoms with van der Waals surface area (Å²) in [5.41, 5.74) is 2.81. The van der Waals surface area contributed by atoms with E-state index in [1.165, 1.54) is 31.2 Å². The molecule has 4 rings (SSSR count). The Bertz CT molecular complexity index is 801. The smallest absolute Gasteiger partial charge is 0.255 e. The largest absolute Gasteiger partial charge is 0.322 e. The molecule has 1 saturated carbocycles. The molecule has 0 radical (unpaired) electrons. The van der Waals surface area contributed by atoms with Crippen molar-refractivity contribution in [1.82, 2.24) is 20.9 Å². The normalized spacial score (nSPS) is 27.1. The molecule has 1 aromatic carbocycles. The zero-order valence-electron chi connectivity index (χ0n) is 17.0. The molecule has 1 saturated heterocycles. The van der Waals surface area contributed by atoms with Crippen molar-refractivity contribution < 1.29 is 14.4 Å². The Morgan fingerprint density at radius 3 is 2.62 bits per heavy atom. The van der Waals surface area contributed by atoms with Gasteiger partial charge >= 0.3 is 0 Å². The van der Waals surface area contributed by atoms with Crippen LogP contribution < -0.4 is 16.0 Å². The van der Waals surface area contributed by atoms with Gasteiger partial charge in [-0.1, -0.05) is 12.1 Å². The van der Waals surface area contributed by atoms with E-state index in [-0.39, 0.29) is 24.1 Å². The van der Waals surface area contributed by atoms with Crippen LogP contribution in [-0.4, -0.2) is 48.3 Å². The molecule has 1 aromatic rings. The number of piperidine rings is 1. The van der Waals surface area contributed by atoms with Crippen LogP contribution in [0, 0.1) is 5.92 Å². The predicted octanol–water partition coefficient (Wildman–Crippen LogP) is 1.32. The van der Waals surface area contributed by atoms with Crippen LogP contribution in [0.1, 0.15) is 60.0 Å². The molecule has 3 aliphatic rings. The summed E-state index contributed by atoms with van der Waals surface area (Å²) in [6.45, 7) is 2.33. The molecule has 0 aromatic heterocycles. The number of amides is 3. The van der Waals surface area contributed by atoms with Crippen molar-refractivity contribution in [2.45, 2.75) is 63.7 Å². The molecule has 3 N–H and O–H groups in total. The number of carbonyl (C=O) groups is 3. The maximum atomic E-state index is 12.8. The Labute approximate surface area is 171 Å². The van der Waals surface area contributed by atoms with Crippen LogP contribution in [0.3, 0.4) is 0 Å². The molecule has 156 valence electrons. The van der Waals surface area contributed by atoms with E-state index < -0.39 is 6.04 Å². The van der Waals surface area contributed by atoms with Gasteiger partial charge in [0.2, 0.25) is 11.8 Å². The number of benzene rings is 1. The summed E-state index contributed by atoms with van der Waals surface area (Å²) in [4.78, 5) is 37.9. The molecular weight excluding hydrogens is 368 g/mol. The second-order valence-electron chi connectivity index (χ2n) is 8.55. The van der Waals surface area contributed by atoms with Crippen molar-refractivity contribution in [2.24, 2.45) is 5.92 Å². The highest BCUT2D eigenvalue weighted by Crippen LogP contribution is 2.29. The maximum absolute atomic E-state index is 12.8. The molecule has 7 heteroatoms. The van der Waals surface area contributed by atoms with Gasteiger partial charge in [-0.3, -0.25) is 19.7 Å². The molecule has 1 atom stereocenters. The quantitative estimate of drug-likeness (QED) is 0.629. The number of imide groups is 1. The summed E-state index contributed by atoms with van der Waals surface area (Å²) < 4.78 is 0. The van der Waals surface area contributed by atoms with E-state index in [0.717, 1.165) is 24.6 Å². The van der Waals surface area contributed by atoms with E-state index >= 15 is 0 Å². The Morgan fingerprint density at radius 2 is 1.90 bits per heavy atom. The zero-order chi connectivity index (χ0) is 20.4. The number of carbonyl (C=O) groups excluding carboxylic acids is 3. The standard InChI is InChI=1S/C22H30N4O3/c1-23-11-14-2-5-17(6-3-14)24-12-15-4-7-18-16(10-15)13-26(22(18)29)19-8-9-20(27)25-21(19)28/h4,7,10,14,17,19,23-24H,2-3,5-6,8-9,11-13H2,1H3,(H,25,27,28). The first-order valence-corrected chi connectivity index (χ1v) is 10.7. The Hall–Kier alpha value is -2.25. The molecule has 2 aliphatic heterocycles. The first kappa shape index (κ1) is 20.0. The molecule has 2 fully saturated rings. The second-order valence-corrected chi connectivity index (χ2v) is 8.55. The Balaban J connectivity index is 1.34. The minimum Gasteiger partial charge on any atom is -0.322 e. The summed E-state index contributed by atoms with van der Waals surface area (Å²) in [7, 11) is 2.02. The number of hydrogen-bond donors (Lipinski definition) is 3. The number of rotatable bonds is 6. The van der Waals surface area contributed by atoms with Gasteiger partial charge in [0.15, 0.2) is 0 Å². The van der Waals surface area contributed by atoms with Crippen molar-refractivity contribution in [3.8, 4) is 0 Å². The molecule has 1 unspecified atom stereocenters. The van der Waals surface area contributed by atoms with Gasteiger partial charge < -0.3 is 15.5 Å². The SMILES string of the molecule is CNCC1CCC(NCc2ccc3c(c2)CN(C2CCC(=O)NC2=O)C3=O)CC1. The van der Waals surface area contributed by atoms with Crippen LogP contribution >= 0.6 is 0 Å². The van der Waals surface area contributed by atoms with Gasteiger partial charge in [-0.25, -0.2) is 0 Å². The minimum absolute atomic E-state index is 0.114. The van der Waals surface area contributed by atoms with Gasteiger partial charge in [0.1, 0.15) is 6.04 Å². The third-order valence-corrected chi connectivity index (χ3v) is 6.52. The summed E-state index contributed by atoms with van der Waals surface area (Å²) in [6.07, 6.45) is 5.62. The maximum Gasteiger partial charge on any atom is 0.255 e. The van der Waals surface area contributed by atoms with Gasteiger partial charge in [0.05, 0.1) is 0 Å². The number of nitrogens with zero attached hydrogens (tertiary/aromatic N) is 1. The molecule has 1 aliphatic carbocycles. The molecular formula is C22H30N4O3. The average Bonchev–Trinajstić information content (AvgIpc) is 3.03. The van der Waals surface area contributed by atoms with E-state index in [9.17, 15) is 14.4 Å². The molecule has 0 spiro atoms. The number of hydrogen-bond acceptors (Lipinski definition) is 5. The highest BCUT2D eigenvalue weighted by molar-refractivity contribution is 6.05. The van der Waals surface area contributed by atoms with Gasteiger partial charge in [-0.05, 0) is 68.8 Å². The zero-order valence-corrected chi connectivity index (χ0v) is 17.0. The second kappa shape index (κ2) is 8.63. The fourth-order valence-corrected chi connectivity index (χ4v) is 4.86. The average molecular weight is 399 g/mol. The lowest BCUT2D eigenvalue weighted by atomic mass is 9.86. The third-order valence-electron chi connectivity index (χ3n) is 6.52. The summed E-state index contributed by atoms with van der Waals surface area (Å²) in [5, 5.41) is 9.29. The summed E-state index contributed by atoms with van der Waals surface area (Å²) in [5.74, 6) is 0.0566. The van der Waals surface area contributed by atoms with E-state index in [1.54, 1.807) is 4.90 Å². The topological polar surface area (TPSA) is 90.5 Å². The minimum atomic E-state index is -0.554. The first-order chi connectivity index (χ1) is 14.0. The molecule has 3 amide bonds. The van der Waals surface area contributed by atoms with Gasteiger partial charge in [-0.2, -0.15) is 0 Å². The number of nitrogens with one attached hydrogen (secondary N) is 3. The van der Waals surface area contributed by atoms with Gasteiger partial charge in [-0.15, -0.1) is 0 Å². The van der Waals surface area contributed by atoms with Gasteiger partial charge in [0.25, 0.3) is 5.91 Å². The van der Waals surface area contributed by atoms with Crippen LogP contribution in [0.25, 0.3) is 0 Å². The van der Waals surface area contributed by atoms with Crippen molar-refractivity contribution in [1.29, 1.82) is 0 Å². The van der Waals surface area contributed by atoms with Crippen LogP contribution in [-0.2, 0) is 22.7 Å². The van der Waals surface area contributed by atoms with Crippen LogP contribution in [0.4, 0.5) is 0 Å². The lowest BCUT2D eigenvalue weighted by molar-refractivity contribution is -0.136. The Morgan fingerprint density at radius 1 is 1.10 bits per heavy atom. The van der Waals surface area contributed by atoms with Crippen molar-refractivity contribution in [3.05, 3.63) is 34.9 Å². The Kier molecular flexibility index (Phi) is 5.96. The highest BCUT2D eigenvalue weighted by atomic mass is 16.2. The first-order valence-electron chi connectivity index (χ1n) is 10.7. The van der Waals surface area contributed by atoms with Crippen molar-refractivity contribution in [3.63, 3.8) is 0 Å². The van der Waals surface area contributed by atoms with E-state index in [4.69, 9.17) is 0 Å². The molecule has 0 bridgehead atoms. The fraction of sp³-hybridized carbons (Fsp3) is 0.591. The van der Waals surface area contributed by atoms with Crippen LogP contribution in [0.2, 0.25) is 0 Å². The predicted molar refractivity (Wildman–Crippen MR) is 109 cm³/mol. The van der Waals surface area contributed by atoms with Crippen LogP contribution in [0.15, 0.2) is 18.2 Å². The highest BCUT2D eigenvalue weighted by Gasteiger charge is 2.39. The molecule has 29 heavy (non-hydrogen) atoms. The monoisotopic (exact) mass is 398 g/mol. The molecule has 2 heterocycles. The van der Waals surface area contributed by atoms with E-state index in [2.05, 4.69) is 22.0 Å². The van der Waals surface area contributed by atoms with Gasteiger partial charge in [0, 0.05) is 31.1 Å². The van der Waals surface area contributed by atoms with E-state index in [0.29, 0.717) is 24.6 Å². The van der Waals surface area contributed by atoms with Crippen LogP contribution in [0.5, 0.6) is 0 Å². The van der Waals surface area contributed by atoms with Crippen molar-refractivity contribution >= 4 is 17.7 Å². The van der Waals surface area contributed by atoms with E-state index in [1.807, 2.05) is 19.2 Å². The third kappa shape index (κ3) is 4.36. The van der Waals surface area contributed by atoms with Crippen molar-refractivity contribution in [2.75, 3.05) is 13.6 Å². The summed E-state index contributed by atoms with van der Waals surface area (Å²) in [6, 6.07) is 5.97. The summed E-state index contributed by atoms with van der Waals surface area (Å²) >= 11 is 0.